The van der Waals surface area contributed by atoms with Crippen LogP contribution in [0.5, 0.6) is 5.75 Å². The number of thiazole rings is 1. The van der Waals surface area contributed by atoms with Crippen molar-refractivity contribution in [1.82, 2.24) is 4.98 Å². The van der Waals surface area contributed by atoms with Crippen LogP contribution in [0.3, 0.4) is 0 Å². The Balaban J connectivity index is 1.55. The summed E-state index contributed by atoms with van der Waals surface area (Å²) in [6.45, 7) is 3.99. The van der Waals surface area contributed by atoms with Gasteiger partial charge in [0.1, 0.15) is 5.75 Å². The van der Waals surface area contributed by atoms with Gasteiger partial charge >= 0.3 is 0 Å². The van der Waals surface area contributed by atoms with E-state index in [0.717, 1.165) is 21.9 Å². The average molecular weight is 419 g/mol. The van der Waals surface area contributed by atoms with Crippen LogP contribution in [0.2, 0.25) is 5.02 Å². The summed E-state index contributed by atoms with van der Waals surface area (Å²) >= 11 is 8.73. The second-order valence-corrected chi connectivity index (χ2v) is 8.36. The van der Waals surface area contributed by atoms with Gasteiger partial charge in [0.25, 0.3) is 0 Å². The van der Waals surface area contributed by atoms with Crippen LogP contribution < -0.4 is 10.1 Å². The Morgan fingerprint density at radius 3 is 2.56 bits per heavy atom. The third kappa shape index (κ3) is 5.99. The summed E-state index contributed by atoms with van der Waals surface area (Å²) in [5.74, 6) is 1.06. The molecule has 0 aliphatic heterocycles. The SMILES string of the molecule is CC(C)Oc1ccc(-c2csc(NC(=O)CSc3ccc(Cl)cc3)n2)cc1. The lowest BCUT2D eigenvalue weighted by molar-refractivity contribution is -0.113. The van der Waals surface area contributed by atoms with Gasteiger partial charge in [-0.15, -0.1) is 23.1 Å². The van der Waals surface area contributed by atoms with Crippen molar-refractivity contribution in [3.05, 3.63) is 58.9 Å². The average Bonchev–Trinajstić information content (AvgIpc) is 3.10. The van der Waals surface area contributed by atoms with Crippen molar-refractivity contribution in [3.63, 3.8) is 0 Å². The standard InChI is InChI=1S/C20H19ClN2O2S2/c1-13(2)25-16-7-3-14(4-8-16)18-11-27-20(22-18)23-19(24)12-26-17-9-5-15(21)6-10-17/h3-11,13H,12H2,1-2H3,(H,22,23,24). The number of halogens is 1. The molecule has 140 valence electrons. The smallest absolute Gasteiger partial charge is 0.236 e. The fourth-order valence-corrected chi connectivity index (χ4v) is 3.84. The van der Waals surface area contributed by atoms with Crippen LogP contribution in [0.25, 0.3) is 11.3 Å². The molecule has 1 amide bonds. The van der Waals surface area contributed by atoms with Crippen molar-refractivity contribution in [2.75, 3.05) is 11.1 Å². The molecule has 0 atom stereocenters. The van der Waals surface area contributed by atoms with Crippen LogP contribution in [-0.4, -0.2) is 22.7 Å². The molecule has 3 aromatic rings. The molecule has 1 N–H and O–H groups in total. The number of anilines is 1. The minimum absolute atomic E-state index is 0.0865. The van der Waals surface area contributed by atoms with Crippen molar-refractivity contribution in [1.29, 1.82) is 0 Å². The first-order valence-electron chi connectivity index (χ1n) is 8.40. The number of aromatic nitrogens is 1. The van der Waals surface area contributed by atoms with E-state index >= 15 is 0 Å². The van der Waals surface area contributed by atoms with Crippen molar-refractivity contribution in [2.24, 2.45) is 0 Å². The summed E-state index contributed by atoms with van der Waals surface area (Å²) in [7, 11) is 0. The van der Waals surface area contributed by atoms with Gasteiger partial charge in [-0.25, -0.2) is 4.98 Å². The maximum atomic E-state index is 12.1. The Hall–Kier alpha value is -2.02. The molecule has 0 aliphatic rings. The first-order chi connectivity index (χ1) is 13.0. The predicted molar refractivity (Wildman–Crippen MR) is 114 cm³/mol. The fraction of sp³-hybridized carbons (Fsp3) is 0.200. The lowest BCUT2D eigenvalue weighted by atomic mass is 10.2. The van der Waals surface area contributed by atoms with Crippen molar-refractivity contribution in [3.8, 4) is 17.0 Å². The van der Waals surface area contributed by atoms with Gasteiger partial charge in [-0.2, -0.15) is 0 Å². The molecule has 1 heterocycles. The minimum atomic E-state index is -0.0865. The van der Waals surface area contributed by atoms with Crippen molar-refractivity contribution >= 4 is 45.7 Å². The van der Waals surface area contributed by atoms with E-state index in [2.05, 4.69) is 10.3 Å². The molecule has 0 radical (unpaired) electrons. The van der Waals surface area contributed by atoms with Gasteiger partial charge in [0.15, 0.2) is 5.13 Å². The normalized spacial score (nSPS) is 10.8. The van der Waals surface area contributed by atoms with E-state index in [9.17, 15) is 4.79 Å². The van der Waals surface area contributed by atoms with Crippen LogP contribution >= 0.6 is 34.7 Å². The highest BCUT2D eigenvalue weighted by Crippen LogP contribution is 2.27. The molecule has 0 bridgehead atoms. The summed E-state index contributed by atoms with van der Waals surface area (Å²) in [5.41, 5.74) is 1.81. The monoisotopic (exact) mass is 418 g/mol. The first-order valence-corrected chi connectivity index (χ1v) is 10.6. The number of hydrogen-bond donors (Lipinski definition) is 1. The number of carbonyl (C=O) groups is 1. The van der Waals surface area contributed by atoms with Gasteiger partial charge in [0.05, 0.1) is 17.6 Å². The second-order valence-electron chi connectivity index (χ2n) is 6.02. The zero-order chi connectivity index (χ0) is 19.2. The molecule has 7 heteroatoms. The van der Waals surface area contributed by atoms with E-state index < -0.39 is 0 Å². The molecule has 0 saturated carbocycles. The lowest BCUT2D eigenvalue weighted by Crippen LogP contribution is -2.13. The summed E-state index contributed by atoms with van der Waals surface area (Å²) in [6.07, 6.45) is 0.141. The Morgan fingerprint density at radius 1 is 1.19 bits per heavy atom. The topological polar surface area (TPSA) is 51.2 Å². The molecular weight excluding hydrogens is 400 g/mol. The lowest BCUT2D eigenvalue weighted by Gasteiger charge is -2.09. The number of benzene rings is 2. The Bertz CT molecular complexity index is 893. The number of amides is 1. The molecule has 0 unspecified atom stereocenters. The largest absolute Gasteiger partial charge is 0.491 e. The molecule has 0 saturated heterocycles. The van der Waals surface area contributed by atoms with Crippen LogP contribution in [0.1, 0.15) is 13.8 Å². The number of carbonyl (C=O) groups excluding carboxylic acids is 1. The fourth-order valence-electron chi connectivity index (χ4n) is 2.28. The quantitative estimate of drug-likeness (QED) is 0.479. The van der Waals surface area contributed by atoms with Crippen LogP contribution in [0, 0.1) is 0 Å². The highest BCUT2D eigenvalue weighted by Gasteiger charge is 2.09. The number of thioether (sulfide) groups is 1. The molecule has 1 aromatic heterocycles. The summed E-state index contributed by atoms with van der Waals surface area (Å²) < 4.78 is 5.65. The van der Waals surface area contributed by atoms with E-state index in [-0.39, 0.29) is 12.0 Å². The molecule has 3 rings (SSSR count). The molecule has 27 heavy (non-hydrogen) atoms. The zero-order valence-electron chi connectivity index (χ0n) is 14.9. The number of rotatable bonds is 7. The van der Waals surface area contributed by atoms with Gasteiger partial charge in [-0.05, 0) is 62.4 Å². The van der Waals surface area contributed by atoms with Crippen molar-refractivity contribution in [2.45, 2.75) is 24.8 Å². The number of nitrogens with one attached hydrogen (secondary N) is 1. The molecular formula is C20H19ClN2O2S2. The molecule has 0 fully saturated rings. The summed E-state index contributed by atoms with van der Waals surface area (Å²) in [4.78, 5) is 17.6. The molecule has 4 nitrogen and oxygen atoms in total. The van der Waals surface area contributed by atoms with E-state index in [1.807, 2.05) is 67.8 Å². The minimum Gasteiger partial charge on any atom is -0.491 e. The third-order valence-electron chi connectivity index (χ3n) is 3.46. The van der Waals surface area contributed by atoms with E-state index in [4.69, 9.17) is 16.3 Å². The second kappa shape index (κ2) is 9.26. The van der Waals surface area contributed by atoms with Crippen LogP contribution in [0.15, 0.2) is 58.8 Å². The van der Waals surface area contributed by atoms with E-state index in [1.165, 1.54) is 23.1 Å². The predicted octanol–water partition coefficient (Wildman–Crippen LogP) is 5.98. The van der Waals surface area contributed by atoms with E-state index in [1.54, 1.807) is 0 Å². The molecule has 2 aromatic carbocycles. The van der Waals surface area contributed by atoms with Crippen LogP contribution in [0.4, 0.5) is 5.13 Å². The maximum absolute atomic E-state index is 12.1. The Kier molecular flexibility index (Phi) is 6.77. The van der Waals surface area contributed by atoms with Gasteiger partial charge in [-0.1, -0.05) is 11.6 Å². The maximum Gasteiger partial charge on any atom is 0.236 e. The Morgan fingerprint density at radius 2 is 1.89 bits per heavy atom. The van der Waals surface area contributed by atoms with Crippen LogP contribution in [-0.2, 0) is 4.79 Å². The molecule has 0 aliphatic carbocycles. The van der Waals surface area contributed by atoms with Gasteiger partial charge in [0, 0.05) is 20.9 Å². The zero-order valence-corrected chi connectivity index (χ0v) is 17.3. The first kappa shape index (κ1) is 19.7. The van der Waals surface area contributed by atoms with Crippen molar-refractivity contribution < 1.29 is 9.53 Å². The third-order valence-corrected chi connectivity index (χ3v) is 5.48. The summed E-state index contributed by atoms with van der Waals surface area (Å²) in [5, 5.41) is 6.05. The number of hydrogen-bond acceptors (Lipinski definition) is 5. The number of nitrogens with zero attached hydrogens (tertiary/aromatic N) is 1. The molecule has 0 spiro atoms. The highest BCUT2D eigenvalue weighted by atomic mass is 35.5. The van der Waals surface area contributed by atoms with Gasteiger partial charge in [-0.3, -0.25) is 4.79 Å². The van der Waals surface area contributed by atoms with Gasteiger partial charge < -0.3 is 10.1 Å². The highest BCUT2D eigenvalue weighted by molar-refractivity contribution is 8.00. The van der Waals surface area contributed by atoms with Gasteiger partial charge in [0.2, 0.25) is 5.91 Å². The van der Waals surface area contributed by atoms with E-state index in [0.29, 0.717) is 15.9 Å². The number of ether oxygens (including phenoxy) is 1. The Labute approximate surface area is 171 Å². The summed E-state index contributed by atoms with van der Waals surface area (Å²) in [6, 6.07) is 15.2.